The van der Waals surface area contributed by atoms with E-state index in [1.54, 1.807) is 4.90 Å². The molecule has 6 heteroatoms. The zero-order chi connectivity index (χ0) is 17.2. The van der Waals surface area contributed by atoms with Crippen molar-refractivity contribution < 1.29 is 19.1 Å². The second kappa shape index (κ2) is 6.81. The number of carbonyl (C=O) groups excluding carboxylic acids is 2. The molecule has 0 radical (unpaired) electrons. The second-order valence-corrected chi connectivity index (χ2v) is 6.74. The van der Waals surface area contributed by atoms with Crippen molar-refractivity contribution in [1.29, 1.82) is 0 Å². The summed E-state index contributed by atoms with van der Waals surface area (Å²) < 4.78 is 10.3. The maximum absolute atomic E-state index is 12.6. The molecule has 24 heavy (non-hydrogen) atoms. The van der Waals surface area contributed by atoms with Gasteiger partial charge < -0.3 is 20.1 Å². The van der Waals surface area contributed by atoms with Gasteiger partial charge in [0.2, 0.25) is 0 Å². The van der Waals surface area contributed by atoms with Gasteiger partial charge in [-0.3, -0.25) is 4.79 Å². The molecule has 1 aromatic carbocycles. The average Bonchev–Trinajstić information content (AvgIpc) is 2.59. The van der Waals surface area contributed by atoms with Gasteiger partial charge in [-0.05, 0) is 37.7 Å². The van der Waals surface area contributed by atoms with Crippen LogP contribution in [-0.2, 0) is 20.9 Å². The molecule has 2 atom stereocenters. The van der Waals surface area contributed by atoms with Crippen molar-refractivity contribution in [2.75, 3.05) is 7.11 Å². The van der Waals surface area contributed by atoms with E-state index in [2.05, 4.69) is 0 Å². The molecule has 2 heterocycles. The topological polar surface area (TPSA) is 81.9 Å². The number of esters is 1. The highest BCUT2D eigenvalue weighted by molar-refractivity contribution is 5.81. The lowest BCUT2D eigenvalue weighted by molar-refractivity contribution is -0.151. The molecule has 0 aromatic heterocycles. The SMILES string of the molecule is COC(=O)C1(N)CC2CCCC(C1)N2C(=O)OCc1ccccc1. The molecule has 2 aliphatic rings. The lowest BCUT2D eigenvalue weighted by Crippen LogP contribution is -2.65. The number of ether oxygens (including phenoxy) is 2. The lowest BCUT2D eigenvalue weighted by atomic mass is 9.74. The summed E-state index contributed by atoms with van der Waals surface area (Å²) >= 11 is 0. The molecule has 1 aromatic rings. The maximum Gasteiger partial charge on any atom is 0.410 e. The largest absolute Gasteiger partial charge is 0.468 e. The van der Waals surface area contributed by atoms with Gasteiger partial charge in [0, 0.05) is 12.1 Å². The third-order valence-corrected chi connectivity index (χ3v) is 5.07. The van der Waals surface area contributed by atoms with Crippen LogP contribution in [0.2, 0.25) is 0 Å². The van der Waals surface area contributed by atoms with Crippen molar-refractivity contribution in [3.63, 3.8) is 0 Å². The molecule has 1 amide bonds. The number of amides is 1. The minimum absolute atomic E-state index is 0.0649. The third-order valence-electron chi connectivity index (χ3n) is 5.07. The Labute approximate surface area is 141 Å². The average molecular weight is 332 g/mol. The van der Waals surface area contributed by atoms with Gasteiger partial charge in [0.05, 0.1) is 7.11 Å². The van der Waals surface area contributed by atoms with Gasteiger partial charge in [-0.15, -0.1) is 0 Å². The summed E-state index contributed by atoms with van der Waals surface area (Å²) in [5.41, 5.74) is 6.23. The summed E-state index contributed by atoms with van der Waals surface area (Å²) in [5.74, 6) is -0.392. The minimum atomic E-state index is -0.999. The molecule has 2 aliphatic heterocycles. The van der Waals surface area contributed by atoms with Crippen LogP contribution in [0.15, 0.2) is 30.3 Å². The number of nitrogens with two attached hydrogens (primary N) is 1. The van der Waals surface area contributed by atoms with E-state index in [0.29, 0.717) is 12.8 Å². The van der Waals surface area contributed by atoms with E-state index in [0.717, 1.165) is 24.8 Å². The first kappa shape index (κ1) is 16.8. The first-order chi connectivity index (χ1) is 11.5. The van der Waals surface area contributed by atoms with Gasteiger partial charge in [0.1, 0.15) is 12.1 Å². The zero-order valence-corrected chi connectivity index (χ0v) is 13.9. The van der Waals surface area contributed by atoms with Crippen LogP contribution >= 0.6 is 0 Å². The van der Waals surface area contributed by atoms with Crippen LogP contribution in [0.3, 0.4) is 0 Å². The molecule has 0 aliphatic carbocycles. The van der Waals surface area contributed by atoms with Crippen molar-refractivity contribution in [1.82, 2.24) is 4.90 Å². The number of piperidine rings is 2. The van der Waals surface area contributed by atoms with Crippen molar-refractivity contribution in [3.05, 3.63) is 35.9 Å². The Kier molecular flexibility index (Phi) is 4.76. The number of nitrogens with zero attached hydrogens (tertiary/aromatic N) is 1. The Morgan fingerprint density at radius 2 is 1.83 bits per heavy atom. The number of hydrogen-bond acceptors (Lipinski definition) is 5. The van der Waals surface area contributed by atoms with E-state index in [1.165, 1.54) is 7.11 Å². The van der Waals surface area contributed by atoms with Crippen LogP contribution in [0.4, 0.5) is 4.79 Å². The van der Waals surface area contributed by atoms with Gasteiger partial charge in [0.25, 0.3) is 0 Å². The summed E-state index contributed by atoms with van der Waals surface area (Å²) in [6.07, 6.45) is 3.25. The van der Waals surface area contributed by atoms with Crippen LogP contribution < -0.4 is 5.73 Å². The van der Waals surface area contributed by atoms with Crippen LogP contribution in [0.5, 0.6) is 0 Å². The van der Waals surface area contributed by atoms with E-state index >= 15 is 0 Å². The fraction of sp³-hybridized carbons (Fsp3) is 0.556. The monoisotopic (exact) mass is 332 g/mol. The van der Waals surface area contributed by atoms with Crippen LogP contribution in [0.1, 0.15) is 37.7 Å². The van der Waals surface area contributed by atoms with E-state index in [1.807, 2.05) is 30.3 Å². The van der Waals surface area contributed by atoms with Gasteiger partial charge in [-0.2, -0.15) is 0 Å². The fourth-order valence-corrected chi connectivity index (χ4v) is 3.95. The Morgan fingerprint density at radius 3 is 2.42 bits per heavy atom. The molecule has 130 valence electrons. The number of rotatable bonds is 3. The fourth-order valence-electron chi connectivity index (χ4n) is 3.95. The number of carbonyl (C=O) groups is 2. The molecule has 2 fully saturated rings. The van der Waals surface area contributed by atoms with E-state index in [4.69, 9.17) is 15.2 Å². The molecule has 3 rings (SSSR count). The summed E-state index contributed by atoms with van der Waals surface area (Å²) in [5, 5.41) is 0. The molecular weight excluding hydrogens is 308 g/mol. The Bertz CT molecular complexity index is 590. The van der Waals surface area contributed by atoms with E-state index in [-0.39, 0.29) is 24.8 Å². The highest BCUT2D eigenvalue weighted by Crippen LogP contribution is 2.39. The highest BCUT2D eigenvalue weighted by Gasteiger charge is 2.51. The third kappa shape index (κ3) is 3.24. The Balaban J connectivity index is 1.68. The molecule has 2 bridgehead atoms. The van der Waals surface area contributed by atoms with Crippen LogP contribution in [0.25, 0.3) is 0 Å². The molecule has 0 saturated carbocycles. The Morgan fingerprint density at radius 1 is 1.21 bits per heavy atom. The van der Waals surface area contributed by atoms with Crippen molar-refractivity contribution in [3.8, 4) is 0 Å². The van der Waals surface area contributed by atoms with Crippen molar-refractivity contribution in [2.24, 2.45) is 5.73 Å². The standard InChI is InChI=1S/C18H24N2O4/c1-23-16(21)18(19)10-14-8-5-9-15(11-18)20(14)17(22)24-12-13-6-3-2-4-7-13/h2-4,6-7,14-15H,5,8-12,19H2,1H3. The predicted octanol–water partition coefficient (Wildman–Crippen LogP) is 2.21. The lowest BCUT2D eigenvalue weighted by Gasteiger charge is -2.50. The second-order valence-electron chi connectivity index (χ2n) is 6.74. The molecular formula is C18H24N2O4. The van der Waals surface area contributed by atoms with Crippen molar-refractivity contribution in [2.45, 2.75) is 56.3 Å². The van der Waals surface area contributed by atoms with Gasteiger partial charge in [0.15, 0.2) is 0 Å². The summed E-state index contributed by atoms with van der Waals surface area (Å²) in [4.78, 5) is 26.4. The first-order valence-electron chi connectivity index (χ1n) is 8.40. The van der Waals surface area contributed by atoms with Gasteiger partial charge in [-0.25, -0.2) is 4.79 Å². The van der Waals surface area contributed by atoms with Gasteiger partial charge in [-0.1, -0.05) is 30.3 Å². The summed E-state index contributed by atoms with van der Waals surface area (Å²) in [6, 6.07) is 9.47. The smallest absolute Gasteiger partial charge is 0.410 e. The number of methoxy groups -OCH3 is 1. The molecule has 2 unspecified atom stereocenters. The molecule has 0 spiro atoms. The summed E-state index contributed by atoms with van der Waals surface area (Å²) in [7, 11) is 1.35. The number of benzene rings is 1. The van der Waals surface area contributed by atoms with Crippen LogP contribution in [0, 0.1) is 0 Å². The van der Waals surface area contributed by atoms with Crippen LogP contribution in [-0.4, -0.2) is 41.7 Å². The zero-order valence-electron chi connectivity index (χ0n) is 13.9. The normalized spacial score (nSPS) is 29.0. The van der Waals surface area contributed by atoms with E-state index in [9.17, 15) is 9.59 Å². The molecule has 2 N–H and O–H groups in total. The van der Waals surface area contributed by atoms with Gasteiger partial charge >= 0.3 is 12.1 Å². The highest BCUT2D eigenvalue weighted by atomic mass is 16.6. The quantitative estimate of drug-likeness (QED) is 0.858. The first-order valence-corrected chi connectivity index (χ1v) is 8.40. The Hall–Kier alpha value is -2.08. The number of hydrogen-bond donors (Lipinski definition) is 1. The summed E-state index contributed by atoms with van der Waals surface area (Å²) in [6.45, 7) is 0.250. The maximum atomic E-state index is 12.6. The predicted molar refractivity (Wildman–Crippen MR) is 88.1 cm³/mol. The van der Waals surface area contributed by atoms with E-state index < -0.39 is 11.5 Å². The minimum Gasteiger partial charge on any atom is -0.468 e. The molecule has 6 nitrogen and oxygen atoms in total. The number of fused-ring (bicyclic) bond motifs is 2. The molecule has 2 saturated heterocycles. The van der Waals surface area contributed by atoms with Crippen molar-refractivity contribution >= 4 is 12.1 Å².